The average molecular weight is 778 g/mol. The van der Waals surface area contributed by atoms with E-state index >= 15 is 0 Å². The van der Waals surface area contributed by atoms with Crippen molar-refractivity contribution >= 4 is 40.7 Å². The van der Waals surface area contributed by atoms with Gasteiger partial charge in [-0.15, -0.1) is 16.7 Å². The second-order valence-corrected chi connectivity index (χ2v) is 12.0. The van der Waals surface area contributed by atoms with Gasteiger partial charge >= 0.3 is 31.4 Å². The first-order valence-electron chi connectivity index (χ1n) is 17.5. The molecule has 11 heteroatoms. The van der Waals surface area contributed by atoms with Crippen molar-refractivity contribution in [3.05, 3.63) is 196 Å². The minimum atomic E-state index is -0.418. The normalized spacial score (nSPS) is 15.1. The molecule has 0 saturated carbocycles. The summed E-state index contributed by atoms with van der Waals surface area (Å²) in [6.45, 7) is 4.19. The van der Waals surface area contributed by atoms with Crippen LogP contribution in [0.4, 0.5) is 0 Å². The topological polar surface area (TPSA) is 137 Å². The Morgan fingerprint density at radius 3 is 1.82 bits per heavy atom. The molecule has 0 amide bonds. The van der Waals surface area contributed by atoms with Crippen LogP contribution in [0, 0.1) is 0 Å². The van der Waals surface area contributed by atoms with Crippen molar-refractivity contribution in [1.29, 1.82) is 0 Å². The second-order valence-electron chi connectivity index (χ2n) is 12.0. The molecule has 2 aliphatic rings. The molecule has 2 aliphatic heterocycles. The first kappa shape index (κ1) is 38.2. The van der Waals surface area contributed by atoms with E-state index in [9.17, 15) is 9.59 Å². The Hall–Kier alpha value is -6.58. The number of carbonyl (C=O) groups excluding carboxylic acids is 2. The number of nitrogens with zero attached hydrogens (tertiary/aromatic N) is 4. The molecule has 2 N–H and O–H groups in total. The molecule has 0 saturated heterocycles. The summed E-state index contributed by atoms with van der Waals surface area (Å²) in [5.41, 5.74) is 9.30. The zero-order valence-electron chi connectivity index (χ0n) is 30.4. The van der Waals surface area contributed by atoms with Crippen LogP contribution >= 0.6 is 0 Å². The van der Waals surface area contributed by atoms with Crippen LogP contribution < -0.4 is 30.6 Å². The van der Waals surface area contributed by atoms with Crippen LogP contribution in [0.15, 0.2) is 150 Å². The van der Waals surface area contributed by atoms with Gasteiger partial charge in [0.15, 0.2) is 11.9 Å². The zero-order chi connectivity index (χ0) is 37.3. The molecule has 8 rings (SSSR count). The number of benzene rings is 2. The Bertz CT molecular complexity index is 2540. The molecule has 0 fully saturated rings. The number of aliphatic imine (C=N–C) groups is 1. The molecule has 0 unspecified atom stereocenters. The first-order valence-corrected chi connectivity index (χ1v) is 17.5. The van der Waals surface area contributed by atoms with Crippen LogP contribution in [0.2, 0.25) is 0 Å². The molecular weight excluding hydrogens is 742 g/mol. The van der Waals surface area contributed by atoms with Crippen molar-refractivity contribution in [2.45, 2.75) is 13.8 Å². The van der Waals surface area contributed by atoms with Crippen molar-refractivity contribution in [2.75, 3.05) is 13.2 Å². The minimum Gasteiger partial charge on any atom is -0.652 e. The Morgan fingerprint density at radius 2 is 1.25 bits per heavy atom. The van der Waals surface area contributed by atoms with Gasteiger partial charge in [-0.25, -0.2) is 19.6 Å². The van der Waals surface area contributed by atoms with Crippen molar-refractivity contribution < 1.29 is 43.5 Å². The number of nitrogens with one attached hydrogen (secondary N) is 2. The third-order valence-corrected chi connectivity index (χ3v) is 8.43. The standard InChI is InChI=1S/C22H19N3O2.C22H18N3O2.Zn/c2*1-2-27-22(26)20-13-12-19(25-20)21(15-7-4-3-5-8-15)18-11-10-17(24-18)16-9-6-14-23-16;/h3-14H,2H2,1H3,(H2,23,24,25,26);3-14H,2H2,1H3,(H-,23,24,25,26);/q;-1;+2/p-1. The fraction of sp³-hybridized carbons (Fsp3) is 0.0909. The maximum absolute atomic E-state index is 12.0. The third-order valence-electron chi connectivity index (χ3n) is 8.43. The van der Waals surface area contributed by atoms with Crippen molar-refractivity contribution in [2.24, 2.45) is 4.99 Å². The van der Waals surface area contributed by atoms with E-state index in [1.807, 2.05) is 134 Å². The van der Waals surface area contributed by atoms with Gasteiger partial charge in [-0.3, -0.25) is 0 Å². The Labute approximate surface area is 330 Å². The largest absolute Gasteiger partial charge is 2.00 e. The van der Waals surface area contributed by atoms with E-state index in [1.54, 1.807) is 26.0 Å². The number of H-pyrrole nitrogens is 1. The second kappa shape index (κ2) is 18.0. The fourth-order valence-electron chi connectivity index (χ4n) is 5.99. The summed E-state index contributed by atoms with van der Waals surface area (Å²) >= 11 is 0. The summed E-state index contributed by atoms with van der Waals surface area (Å²) in [6, 6.07) is 34.8. The van der Waals surface area contributed by atoms with Crippen LogP contribution in [0.5, 0.6) is 0 Å². The van der Waals surface area contributed by atoms with Gasteiger partial charge in [0.1, 0.15) is 0 Å². The van der Waals surface area contributed by atoms with E-state index in [2.05, 4.69) is 19.9 Å². The molecule has 268 valence electrons. The Balaban J connectivity index is 0.000000184. The van der Waals surface area contributed by atoms with Crippen LogP contribution in [-0.2, 0) is 29.0 Å². The number of rotatable bonds is 9. The molecule has 2 aromatic carbocycles. The van der Waals surface area contributed by atoms with E-state index in [4.69, 9.17) is 19.5 Å². The van der Waals surface area contributed by atoms with Crippen molar-refractivity contribution in [3.8, 4) is 0 Å². The predicted molar refractivity (Wildman–Crippen MR) is 207 cm³/mol. The van der Waals surface area contributed by atoms with E-state index in [0.717, 1.165) is 55.8 Å². The molecule has 0 bridgehead atoms. The number of hydrogen-bond donors (Lipinski definition) is 2. The number of carbonyl (C=O) groups is 2. The van der Waals surface area contributed by atoms with Crippen molar-refractivity contribution in [3.63, 3.8) is 0 Å². The van der Waals surface area contributed by atoms with Gasteiger partial charge in [-0.2, -0.15) is 0 Å². The molecule has 0 aliphatic carbocycles. The summed E-state index contributed by atoms with van der Waals surface area (Å²) in [4.78, 5) is 48.9. The van der Waals surface area contributed by atoms with E-state index in [0.29, 0.717) is 36.0 Å². The van der Waals surface area contributed by atoms with Gasteiger partial charge in [0, 0.05) is 18.3 Å². The fourth-order valence-corrected chi connectivity index (χ4v) is 5.99. The number of hydrogen-bond acceptors (Lipinski definition) is 5. The average Bonchev–Trinajstić information content (AvgIpc) is 4.04. The number of aromatic amines is 1. The predicted octanol–water partition coefficient (Wildman–Crippen LogP) is 3.82. The van der Waals surface area contributed by atoms with E-state index < -0.39 is 11.9 Å². The molecule has 6 heterocycles. The van der Waals surface area contributed by atoms with Gasteiger partial charge in [0.05, 0.1) is 30.3 Å². The summed E-state index contributed by atoms with van der Waals surface area (Å²) in [6.07, 6.45) is 11.6. The number of allylic oxidation sites excluding steroid dienone is 3. The van der Waals surface area contributed by atoms with Crippen LogP contribution in [-0.4, -0.2) is 42.1 Å². The Kier molecular flexibility index (Phi) is 12.5. The van der Waals surface area contributed by atoms with Gasteiger partial charge in [0.2, 0.25) is 0 Å². The number of esters is 2. The van der Waals surface area contributed by atoms with Gasteiger partial charge in [-0.1, -0.05) is 102 Å². The molecule has 4 aromatic heterocycles. The molecular formula is C44H36N6O4Zn. The molecule has 55 heavy (non-hydrogen) atoms. The van der Waals surface area contributed by atoms with Gasteiger partial charge < -0.3 is 29.4 Å². The summed E-state index contributed by atoms with van der Waals surface area (Å²) < 4.78 is 10.1. The quantitative estimate of drug-likeness (QED) is 0.168. The first-order chi connectivity index (χ1) is 26.5. The molecule has 10 nitrogen and oxygen atoms in total. The van der Waals surface area contributed by atoms with Gasteiger partial charge in [-0.05, 0) is 71.8 Å². The van der Waals surface area contributed by atoms with E-state index in [-0.39, 0.29) is 19.5 Å². The molecule has 6 aromatic rings. The van der Waals surface area contributed by atoms with Gasteiger partial charge in [0.25, 0.3) is 0 Å². The molecule has 0 radical (unpaired) electrons. The smallest absolute Gasteiger partial charge is 0.652 e. The molecule has 0 spiro atoms. The van der Waals surface area contributed by atoms with E-state index in [1.165, 1.54) is 0 Å². The van der Waals surface area contributed by atoms with Crippen LogP contribution in [0.25, 0.3) is 16.8 Å². The minimum absolute atomic E-state index is 0. The van der Waals surface area contributed by atoms with Crippen LogP contribution in [0.3, 0.4) is 0 Å². The monoisotopic (exact) mass is 776 g/mol. The Morgan fingerprint density at radius 1 is 0.655 bits per heavy atom. The SMILES string of the molecule is CCOC(=O)c1ccc(/C(=C2/C=CC(c3ccc[nH]3)=N2)c2ccccc2)[n-]1.CCOC(=O)c1ccc(/C(c2ccccc2)=c2/cc/c(=C3/C=CC=[NH+]3)[n-]2)[n-]1.[Zn+2]. The van der Waals surface area contributed by atoms with Crippen molar-refractivity contribution in [1.82, 2.24) is 19.9 Å². The third kappa shape index (κ3) is 8.80. The zero-order valence-corrected chi connectivity index (χ0v) is 33.4. The maximum atomic E-state index is 12.0. The number of ether oxygens (including phenoxy) is 2. The van der Waals surface area contributed by atoms with Crippen LogP contribution in [0.1, 0.15) is 63.0 Å². The maximum Gasteiger partial charge on any atom is 2.00 e. The number of aromatic nitrogens is 4. The summed E-state index contributed by atoms with van der Waals surface area (Å²) in [7, 11) is 0. The summed E-state index contributed by atoms with van der Waals surface area (Å²) in [5, 5.41) is 1.67. The summed E-state index contributed by atoms with van der Waals surface area (Å²) in [5.74, 6) is -0.836. The molecule has 0 atom stereocenters.